The predicted molar refractivity (Wildman–Crippen MR) is 64.7 cm³/mol. The number of primary amides is 1. The van der Waals surface area contributed by atoms with Crippen LogP contribution in [0.1, 0.15) is 23.5 Å². The Hall–Kier alpha value is -2.23. The lowest BCUT2D eigenvalue weighted by atomic mass is 10.2. The first kappa shape index (κ1) is 11.3. The summed E-state index contributed by atoms with van der Waals surface area (Å²) in [5, 5.41) is 0. The van der Waals surface area contributed by atoms with Gasteiger partial charge in [-0.05, 0) is 43.3 Å². The summed E-state index contributed by atoms with van der Waals surface area (Å²) in [6.45, 7) is 1.95. The zero-order valence-corrected chi connectivity index (χ0v) is 9.54. The Labute approximate surface area is 99.6 Å². The normalized spacial score (nSPS) is 12.1. The van der Waals surface area contributed by atoms with Crippen molar-refractivity contribution in [2.45, 2.75) is 13.2 Å². The van der Waals surface area contributed by atoms with E-state index in [1.54, 1.807) is 24.3 Å². The van der Waals surface area contributed by atoms with E-state index in [1.165, 1.54) is 0 Å². The molecule has 0 bridgehead atoms. The van der Waals surface area contributed by atoms with Crippen molar-refractivity contribution in [1.82, 2.24) is 4.57 Å². The number of rotatable bonds is 4. The number of benzene rings is 1. The fraction of sp³-hybridized carbons (Fsp3) is 0.154. The highest BCUT2D eigenvalue weighted by atomic mass is 16.5. The van der Waals surface area contributed by atoms with Gasteiger partial charge in [0.15, 0.2) is 6.23 Å². The van der Waals surface area contributed by atoms with Gasteiger partial charge < -0.3 is 15.0 Å². The molecule has 4 nitrogen and oxygen atoms in total. The lowest BCUT2D eigenvalue weighted by Gasteiger charge is -2.16. The molecule has 2 N–H and O–H groups in total. The largest absolute Gasteiger partial charge is 0.471 e. The number of hydrogen-bond donors (Lipinski definition) is 1. The van der Waals surface area contributed by atoms with Gasteiger partial charge in [-0.2, -0.15) is 0 Å². The monoisotopic (exact) mass is 230 g/mol. The molecule has 0 aliphatic rings. The quantitative estimate of drug-likeness (QED) is 0.875. The summed E-state index contributed by atoms with van der Waals surface area (Å²) in [5.41, 5.74) is 5.64. The minimum atomic E-state index is -0.435. The summed E-state index contributed by atoms with van der Waals surface area (Å²) in [6.07, 6.45) is 3.77. The van der Waals surface area contributed by atoms with E-state index in [2.05, 4.69) is 0 Å². The summed E-state index contributed by atoms with van der Waals surface area (Å²) < 4.78 is 7.65. The fourth-order valence-electron chi connectivity index (χ4n) is 1.55. The summed E-state index contributed by atoms with van der Waals surface area (Å²) in [5.74, 6) is 0.270. The Morgan fingerprint density at radius 3 is 2.35 bits per heavy atom. The van der Waals surface area contributed by atoms with Crippen molar-refractivity contribution in [3.63, 3.8) is 0 Å². The number of amides is 1. The van der Waals surface area contributed by atoms with Crippen LogP contribution in [0.3, 0.4) is 0 Å². The average Bonchev–Trinajstić information content (AvgIpc) is 2.83. The van der Waals surface area contributed by atoms with Crippen LogP contribution < -0.4 is 10.5 Å². The number of hydrogen-bond acceptors (Lipinski definition) is 2. The van der Waals surface area contributed by atoms with Crippen LogP contribution in [-0.4, -0.2) is 10.5 Å². The Balaban J connectivity index is 2.06. The van der Waals surface area contributed by atoms with Gasteiger partial charge in [0.1, 0.15) is 5.75 Å². The Kier molecular flexibility index (Phi) is 3.14. The third-order valence-corrected chi connectivity index (χ3v) is 2.49. The molecule has 4 heteroatoms. The molecule has 1 amide bonds. The van der Waals surface area contributed by atoms with Crippen LogP contribution in [0.25, 0.3) is 0 Å². The van der Waals surface area contributed by atoms with Crippen molar-refractivity contribution in [2.24, 2.45) is 5.73 Å². The number of ether oxygens (including phenoxy) is 1. The van der Waals surface area contributed by atoms with Gasteiger partial charge in [-0.15, -0.1) is 0 Å². The van der Waals surface area contributed by atoms with Gasteiger partial charge in [0.2, 0.25) is 5.91 Å². The van der Waals surface area contributed by atoms with Crippen molar-refractivity contribution in [1.29, 1.82) is 0 Å². The van der Waals surface area contributed by atoms with Crippen molar-refractivity contribution >= 4 is 5.91 Å². The molecule has 1 aromatic heterocycles. The van der Waals surface area contributed by atoms with Crippen molar-refractivity contribution in [3.05, 3.63) is 54.4 Å². The van der Waals surface area contributed by atoms with E-state index < -0.39 is 5.91 Å². The fourth-order valence-corrected chi connectivity index (χ4v) is 1.55. The third kappa shape index (κ3) is 2.66. The molecule has 1 aromatic carbocycles. The molecule has 0 aliphatic carbocycles. The van der Waals surface area contributed by atoms with E-state index in [1.807, 2.05) is 36.0 Å². The average molecular weight is 230 g/mol. The Bertz CT molecular complexity index is 489. The lowest BCUT2D eigenvalue weighted by Crippen LogP contribution is -2.12. The highest BCUT2D eigenvalue weighted by Gasteiger charge is 2.05. The molecule has 0 saturated heterocycles. The lowest BCUT2D eigenvalue weighted by molar-refractivity contribution is 0.1000. The highest BCUT2D eigenvalue weighted by Crippen LogP contribution is 2.17. The molecule has 1 atom stereocenters. The summed E-state index contributed by atoms with van der Waals surface area (Å²) >= 11 is 0. The van der Waals surface area contributed by atoms with E-state index in [-0.39, 0.29) is 6.23 Å². The topological polar surface area (TPSA) is 57.2 Å². The zero-order valence-electron chi connectivity index (χ0n) is 9.54. The third-order valence-electron chi connectivity index (χ3n) is 2.49. The van der Waals surface area contributed by atoms with Gasteiger partial charge in [0.05, 0.1) is 0 Å². The molecule has 0 spiro atoms. The maximum atomic E-state index is 10.9. The van der Waals surface area contributed by atoms with E-state index in [0.29, 0.717) is 11.3 Å². The molecule has 2 rings (SSSR count). The highest BCUT2D eigenvalue weighted by molar-refractivity contribution is 5.92. The number of nitrogens with zero attached hydrogens (tertiary/aromatic N) is 1. The van der Waals surface area contributed by atoms with Crippen LogP contribution in [-0.2, 0) is 0 Å². The molecule has 2 aromatic rings. The molecule has 0 fully saturated rings. The SMILES string of the molecule is CC(Oc1ccc(C(N)=O)cc1)n1cccc1. The molecule has 1 unspecified atom stereocenters. The minimum Gasteiger partial charge on any atom is -0.471 e. The number of carbonyl (C=O) groups excluding carboxylic acids is 1. The second-order valence-corrected chi connectivity index (χ2v) is 3.74. The first-order valence-corrected chi connectivity index (χ1v) is 5.36. The van der Waals surface area contributed by atoms with Gasteiger partial charge in [-0.3, -0.25) is 4.79 Å². The Morgan fingerprint density at radius 1 is 1.24 bits per heavy atom. The van der Waals surface area contributed by atoms with E-state index in [4.69, 9.17) is 10.5 Å². The van der Waals surface area contributed by atoms with Gasteiger partial charge in [-0.1, -0.05) is 0 Å². The maximum Gasteiger partial charge on any atom is 0.248 e. The van der Waals surface area contributed by atoms with Gasteiger partial charge in [0.25, 0.3) is 0 Å². The van der Waals surface area contributed by atoms with Crippen LogP contribution >= 0.6 is 0 Å². The van der Waals surface area contributed by atoms with Crippen molar-refractivity contribution < 1.29 is 9.53 Å². The molecule has 0 radical (unpaired) electrons. The number of nitrogens with two attached hydrogens (primary N) is 1. The second kappa shape index (κ2) is 4.74. The van der Waals surface area contributed by atoms with Crippen LogP contribution in [0.15, 0.2) is 48.8 Å². The standard InChI is InChI=1S/C13H14N2O2/c1-10(15-8-2-3-9-15)17-12-6-4-11(5-7-12)13(14)16/h2-10H,1H3,(H2,14,16). The number of carbonyl (C=O) groups is 1. The van der Waals surface area contributed by atoms with Crippen LogP contribution in [0.4, 0.5) is 0 Å². The zero-order chi connectivity index (χ0) is 12.3. The van der Waals surface area contributed by atoms with Crippen LogP contribution in [0.5, 0.6) is 5.75 Å². The van der Waals surface area contributed by atoms with Gasteiger partial charge >= 0.3 is 0 Å². The maximum absolute atomic E-state index is 10.9. The molecule has 17 heavy (non-hydrogen) atoms. The molecule has 0 aliphatic heterocycles. The Morgan fingerprint density at radius 2 is 1.82 bits per heavy atom. The molecule has 0 saturated carbocycles. The van der Waals surface area contributed by atoms with Crippen molar-refractivity contribution in [2.75, 3.05) is 0 Å². The van der Waals surface area contributed by atoms with E-state index in [9.17, 15) is 4.79 Å². The molecule has 88 valence electrons. The smallest absolute Gasteiger partial charge is 0.248 e. The van der Waals surface area contributed by atoms with E-state index >= 15 is 0 Å². The van der Waals surface area contributed by atoms with Crippen molar-refractivity contribution in [3.8, 4) is 5.75 Å². The first-order valence-electron chi connectivity index (χ1n) is 5.36. The summed E-state index contributed by atoms with van der Waals surface area (Å²) in [6, 6.07) is 10.7. The van der Waals surface area contributed by atoms with Crippen LogP contribution in [0.2, 0.25) is 0 Å². The van der Waals surface area contributed by atoms with Crippen LogP contribution in [0, 0.1) is 0 Å². The minimum absolute atomic E-state index is 0.0931. The summed E-state index contributed by atoms with van der Waals surface area (Å²) in [4.78, 5) is 10.9. The molecule has 1 heterocycles. The second-order valence-electron chi connectivity index (χ2n) is 3.74. The molecular formula is C13H14N2O2. The molecular weight excluding hydrogens is 216 g/mol. The van der Waals surface area contributed by atoms with E-state index in [0.717, 1.165) is 0 Å². The summed E-state index contributed by atoms with van der Waals surface area (Å²) in [7, 11) is 0. The van der Waals surface area contributed by atoms with Gasteiger partial charge in [0, 0.05) is 18.0 Å². The van der Waals surface area contributed by atoms with Gasteiger partial charge in [-0.25, -0.2) is 0 Å². The predicted octanol–water partition coefficient (Wildman–Crippen LogP) is 2.18. The first-order chi connectivity index (χ1) is 8.16. The number of aromatic nitrogens is 1.